The van der Waals surface area contributed by atoms with Crippen LogP contribution >= 0.6 is 0 Å². The van der Waals surface area contributed by atoms with E-state index in [-0.39, 0.29) is 41.3 Å². The minimum atomic E-state index is -3.14. The van der Waals surface area contributed by atoms with Gasteiger partial charge in [0.1, 0.15) is 5.75 Å². The normalized spacial score (nSPS) is 19.4. The van der Waals surface area contributed by atoms with Gasteiger partial charge < -0.3 is 14.4 Å². The molecule has 0 aromatic heterocycles. The van der Waals surface area contributed by atoms with Crippen LogP contribution in [0.1, 0.15) is 39.1 Å². The monoisotopic (exact) mass is 458 g/mol. The number of ether oxygens (including phenoxy) is 2. The smallest absolute Gasteiger partial charge is 0.387 e. The van der Waals surface area contributed by atoms with Crippen LogP contribution < -0.4 is 9.64 Å². The molecule has 2 aromatic carbocycles. The number of anilines is 1. The van der Waals surface area contributed by atoms with Crippen molar-refractivity contribution in [2.75, 3.05) is 18.6 Å². The number of nitrogens with zero attached hydrogens (tertiary/aromatic N) is 2. The van der Waals surface area contributed by atoms with Gasteiger partial charge in [0.25, 0.3) is 5.91 Å². The van der Waals surface area contributed by atoms with Crippen LogP contribution in [0.4, 0.5) is 14.5 Å². The van der Waals surface area contributed by atoms with Gasteiger partial charge in [-0.25, -0.2) is 4.79 Å². The summed E-state index contributed by atoms with van der Waals surface area (Å²) in [7, 11) is 1.39. The van der Waals surface area contributed by atoms with Crippen LogP contribution in [-0.2, 0) is 14.3 Å². The molecular formula is C23H20F2N2O6. The lowest BCUT2D eigenvalue weighted by Crippen LogP contribution is -2.67. The van der Waals surface area contributed by atoms with Gasteiger partial charge in [-0.05, 0) is 31.2 Å². The maximum Gasteiger partial charge on any atom is 0.387 e. The number of aryl methyl sites for hydroxylation is 1. The van der Waals surface area contributed by atoms with Crippen molar-refractivity contribution < 1.29 is 37.4 Å². The number of rotatable bonds is 6. The number of para-hydroxylation sites is 1. The Morgan fingerprint density at radius 3 is 2.61 bits per heavy atom. The first-order valence-corrected chi connectivity index (χ1v) is 10.1. The molecule has 0 aliphatic carbocycles. The summed E-state index contributed by atoms with van der Waals surface area (Å²) in [5.41, 5.74) is -0.733. The number of halogens is 2. The molecule has 172 valence electrons. The number of carbonyl (C=O) groups excluding carboxylic acids is 4. The van der Waals surface area contributed by atoms with E-state index in [4.69, 9.17) is 4.74 Å². The number of likely N-dealkylation sites (N-methyl/N-ethyl adjacent to an activating group) is 1. The molecule has 1 fully saturated rings. The van der Waals surface area contributed by atoms with Gasteiger partial charge in [-0.1, -0.05) is 23.8 Å². The summed E-state index contributed by atoms with van der Waals surface area (Å²) in [6.07, 6.45) is -0.0150. The third kappa shape index (κ3) is 3.61. The topological polar surface area (TPSA) is 93.2 Å². The third-order valence-corrected chi connectivity index (χ3v) is 5.85. The number of ketones is 1. The number of Topliss-reactive ketones (excluding diaryl/α,β-unsaturated/α-hetero) is 1. The van der Waals surface area contributed by atoms with Crippen molar-refractivity contribution in [1.82, 2.24) is 4.90 Å². The number of hydrogen-bond acceptors (Lipinski definition) is 6. The summed E-state index contributed by atoms with van der Waals surface area (Å²) in [5, 5.41) is 0. The molecule has 2 heterocycles. The molecule has 1 saturated heterocycles. The van der Waals surface area contributed by atoms with Crippen LogP contribution in [0.5, 0.6) is 5.75 Å². The number of fused-ring (bicyclic) bond motifs is 3. The molecule has 0 radical (unpaired) electrons. The number of alkyl halides is 2. The molecule has 2 aromatic rings. The highest BCUT2D eigenvalue weighted by Gasteiger charge is 2.60. The van der Waals surface area contributed by atoms with Crippen LogP contribution in [0.15, 0.2) is 42.5 Å². The van der Waals surface area contributed by atoms with E-state index < -0.39 is 36.5 Å². The average Bonchev–Trinajstić information content (AvgIpc) is 3.15. The van der Waals surface area contributed by atoms with Gasteiger partial charge in [-0.3, -0.25) is 19.3 Å². The molecule has 8 nitrogen and oxygen atoms in total. The van der Waals surface area contributed by atoms with E-state index in [0.717, 1.165) is 4.90 Å². The predicted molar refractivity (Wildman–Crippen MR) is 111 cm³/mol. The Bertz CT molecular complexity index is 1170. The number of esters is 1. The first-order valence-electron chi connectivity index (χ1n) is 10.1. The number of amides is 2. The van der Waals surface area contributed by atoms with E-state index in [1.165, 1.54) is 30.1 Å². The van der Waals surface area contributed by atoms with Crippen LogP contribution in [-0.4, -0.2) is 54.4 Å². The Morgan fingerprint density at radius 2 is 1.88 bits per heavy atom. The van der Waals surface area contributed by atoms with E-state index in [2.05, 4.69) is 4.74 Å². The van der Waals surface area contributed by atoms with Gasteiger partial charge in [0.2, 0.25) is 17.4 Å². The largest absolute Gasteiger partial charge is 0.454 e. The Hall–Kier alpha value is -3.82. The van der Waals surface area contributed by atoms with Gasteiger partial charge in [-0.15, -0.1) is 0 Å². The second-order valence-electron chi connectivity index (χ2n) is 7.80. The quantitative estimate of drug-likeness (QED) is 0.488. The molecule has 2 amide bonds. The molecular weight excluding hydrogens is 438 g/mol. The fraction of sp³-hybridized carbons (Fsp3) is 0.304. The molecule has 1 atom stereocenters. The highest BCUT2D eigenvalue weighted by Crippen LogP contribution is 2.44. The zero-order valence-electron chi connectivity index (χ0n) is 17.8. The molecule has 33 heavy (non-hydrogen) atoms. The van der Waals surface area contributed by atoms with E-state index in [9.17, 15) is 28.0 Å². The second-order valence-corrected chi connectivity index (χ2v) is 7.80. The van der Waals surface area contributed by atoms with Crippen LogP contribution in [0, 0.1) is 6.92 Å². The maximum atomic E-state index is 13.3. The van der Waals surface area contributed by atoms with E-state index in [1.54, 1.807) is 31.2 Å². The molecule has 0 bridgehead atoms. The summed E-state index contributed by atoms with van der Waals surface area (Å²) < 4.78 is 35.1. The maximum absolute atomic E-state index is 13.3. The van der Waals surface area contributed by atoms with Gasteiger partial charge in [-0.2, -0.15) is 8.78 Å². The number of benzene rings is 2. The van der Waals surface area contributed by atoms with Crippen LogP contribution in [0.3, 0.4) is 0 Å². The fourth-order valence-corrected chi connectivity index (χ4v) is 4.28. The highest BCUT2D eigenvalue weighted by molar-refractivity contribution is 6.15. The van der Waals surface area contributed by atoms with E-state index in [1.807, 2.05) is 0 Å². The first-order chi connectivity index (χ1) is 15.7. The minimum Gasteiger partial charge on any atom is -0.454 e. The SMILES string of the molecule is Cc1ccc(OC(F)F)c(C(=O)COC(=O)C23CCC(=O)N2c2ccccc2C(=O)N3C)c1. The molecule has 2 aliphatic heterocycles. The molecule has 10 heteroatoms. The van der Waals surface area contributed by atoms with Gasteiger partial charge in [0, 0.05) is 19.9 Å². The lowest BCUT2D eigenvalue weighted by Gasteiger charge is -2.46. The molecule has 0 N–H and O–H groups in total. The van der Waals surface area contributed by atoms with Crippen molar-refractivity contribution in [2.24, 2.45) is 0 Å². The predicted octanol–water partition coefficient (Wildman–Crippen LogP) is 2.93. The lowest BCUT2D eigenvalue weighted by atomic mass is 9.97. The Kier molecular flexibility index (Phi) is 5.61. The first kappa shape index (κ1) is 22.4. The zero-order chi connectivity index (χ0) is 23.9. The van der Waals surface area contributed by atoms with Crippen molar-refractivity contribution in [1.29, 1.82) is 0 Å². The summed E-state index contributed by atoms with van der Waals surface area (Å²) in [6, 6.07) is 10.5. The zero-order valence-corrected chi connectivity index (χ0v) is 17.8. The Morgan fingerprint density at radius 1 is 1.15 bits per heavy atom. The van der Waals surface area contributed by atoms with Gasteiger partial charge >= 0.3 is 12.6 Å². The molecule has 2 aliphatic rings. The number of carbonyl (C=O) groups is 4. The van der Waals surface area contributed by atoms with Gasteiger partial charge in [0.05, 0.1) is 16.8 Å². The fourth-order valence-electron chi connectivity index (χ4n) is 4.28. The average molecular weight is 458 g/mol. The summed E-state index contributed by atoms with van der Waals surface area (Å²) in [5.74, 6) is -2.90. The van der Waals surface area contributed by atoms with Crippen molar-refractivity contribution in [3.63, 3.8) is 0 Å². The highest BCUT2D eigenvalue weighted by atomic mass is 19.3. The van der Waals surface area contributed by atoms with Crippen LogP contribution in [0.25, 0.3) is 0 Å². The van der Waals surface area contributed by atoms with Gasteiger partial charge in [0.15, 0.2) is 6.61 Å². The second kappa shape index (κ2) is 8.27. The summed E-state index contributed by atoms with van der Waals surface area (Å²) in [4.78, 5) is 54.0. The van der Waals surface area contributed by atoms with Crippen molar-refractivity contribution >= 4 is 29.3 Å². The molecule has 0 spiro atoms. The van der Waals surface area contributed by atoms with E-state index in [0.29, 0.717) is 5.56 Å². The summed E-state index contributed by atoms with van der Waals surface area (Å²) >= 11 is 0. The number of hydrogen-bond donors (Lipinski definition) is 0. The van der Waals surface area contributed by atoms with Crippen LogP contribution in [0.2, 0.25) is 0 Å². The van der Waals surface area contributed by atoms with Crippen molar-refractivity contribution in [2.45, 2.75) is 32.0 Å². The molecule has 0 saturated carbocycles. The standard InChI is InChI=1S/C23H20F2N2O6/c1-13-7-8-18(33-22(24)25)15(11-13)17(28)12-32-21(31)23-10-9-19(29)27(23)16-6-4-3-5-14(16)20(30)26(23)2/h3-8,11,22H,9-10,12H2,1-2H3. The van der Waals surface area contributed by atoms with Crippen molar-refractivity contribution in [3.8, 4) is 5.75 Å². The lowest BCUT2D eigenvalue weighted by molar-refractivity contribution is -0.155. The van der Waals surface area contributed by atoms with Crippen molar-refractivity contribution in [3.05, 3.63) is 59.2 Å². The molecule has 1 unspecified atom stereocenters. The van der Waals surface area contributed by atoms with E-state index >= 15 is 0 Å². The summed E-state index contributed by atoms with van der Waals surface area (Å²) in [6.45, 7) is -2.26. The molecule has 4 rings (SSSR count). The third-order valence-electron chi connectivity index (χ3n) is 5.85. The Balaban J connectivity index is 1.61. The minimum absolute atomic E-state index is 0.000737. The Labute approximate surface area is 187 Å².